The number of hydrogen-bond donors (Lipinski definition) is 2. The Labute approximate surface area is 92.4 Å². The van der Waals surface area contributed by atoms with E-state index < -0.39 is 0 Å². The molecule has 0 spiro atoms. The minimum Gasteiger partial charge on any atom is -0.355 e. The molecule has 0 aromatic carbocycles. The average molecular weight is 213 g/mol. The number of carbonyl (C=O) groups is 1. The van der Waals surface area contributed by atoms with Crippen LogP contribution in [0.5, 0.6) is 0 Å². The molecule has 0 unspecified atom stereocenters. The van der Waals surface area contributed by atoms with Crippen LogP contribution < -0.4 is 10.6 Å². The summed E-state index contributed by atoms with van der Waals surface area (Å²) in [6.45, 7) is 6.82. The highest BCUT2D eigenvalue weighted by molar-refractivity contribution is 5.78. The Bertz CT molecular complexity index is 190. The molecule has 0 bridgehead atoms. The molecule has 2 N–H and O–H groups in total. The number of hydrogen-bond acceptors (Lipinski definition) is 3. The monoisotopic (exact) mass is 213 g/mol. The highest BCUT2D eigenvalue weighted by Crippen LogP contribution is 2.10. The van der Waals surface area contributed by atoms with Gasteiger partial charge < -0.3 is 15.5 Å². The van der Waals surface area contributed by atoms with E-state index in [9.17, 15) is 4.79 Å². The third kappa shape index (κ3) is 4.62. The second-order valence-electron chi connectivity index (χ2n) is 4.21. The van der Waals surface area contributed by atoms with E-state index in [0.717, 1.165) is 45.6 Å². The van der Waals surface area contributed by atoms with Gasteiger partial charge in [-0.05, 0) is 39.5 Å². The van der Waals surface area contributed by atoms with E-state index in [1.165, 1.54) is 0 Å². The fourth-order valence-corrected chi connectivity index (χ4v) is 1.76. The van der Waals surface area contributed by atoms with E-state index in [4.69, 9.17) is 0 Å². The van der Waals surface area contributed by atoms with Crippen LogP contribution in [-0.2, 0) is 4.79 Å². The molecule has 4 heteroatoms. The van der Waals surface area contributed by atoms with E-state index in [0.29, 0.717) is 0 Å². The third-order valence-electron chi connectivity index (χ3n) is 3.04. The van der Waals surface area contributed by atoms with Crippen LogP contribution in [0.15, 0.2) is 0 Å². The standard InChI is InChI=1S/C11H23N3O/c1-3-14(2)9-8-13-11(15)10-4-6-12-7-5-10/h10,12H,3-9H2,1-2H3,(H,13,15). The third-order valence-corrected chi connectivity index (χ3v) is 3.04. The minimum atomic E-state index is 0.234. The molecule has 0 atom stereocenters. The second kappa shape index (κ2) is 6.80. The summed E-state index contributed by atoms with van der Waals surface area (Å²) in [4.78, 5) is 13.9. The molecular formula is C11H23N3O. The SMILES string of the molecule is CCN(C)CCNC(=O)C1CCNCC1. The summed E-state index contributed by atoms with van der Waals surface area (Å²) < 4.78 is 0. The molecule has 1 heterocycles. The lowest BCUT2D eigenvalue weighted by molar-refractivity contribution is -0.125. The maximum absolute atomic E-state index is 11.7. The van der Waals surface area contributed by atoms with Gasteiger partial charge in [-0.25, -0.2) is 0 Å². The molecule has 15 heavy (non-hydrogen) atoms. The number of piperidine rings is 1. The predicted octanol–water partition coefficient (Wildman–Crippen LogP) is 0.0539. The molecule has 1 amide bonds. The molecule has 1 aliphatic heterocycles. The van der Waals surface area contributed by atoms with Crippen molar-refractivity contribution >= 4 is 5.91 Å². The Morgan fingerprint density at radius 1 is 1.47 bits per heavy atom. The average Bonchev–Trinajstić information content (AvgIpc) is 2.29. The summed E-state index contributed by atoms with van der Waals surface area (Å²) in [7, 11) is 2.07. The van der Waals surface area contributed by atoms with Gasteiger partial charge in [0.2, 0.25) is 5.91 Å². The molecule has 1 rings (SSSR count). The van der Waals surface area contributed by atoms with Crippen LogP contribution >= 0.6 is 0 Å². The first kappa shape index (κ1) is 12.5. The normalized spacial score (nSPS) is 18.1. The number of amides is 1. The van der Waals surface area contributed by atoms with Crippen LogP contribution in [-0.4, -0.2) is 50.6 Å². The smallest absolute Gasteiger partial charge is 0.223 e. The zero-order valence-electron chi connectivity index (χ0n) is 9.88. The highest BCUT2D eigenvalue weighted by Gasteiger charge is 2.20. The van der Waals surface area contributed by atoms with Crippen LogP contribution in [0.3, 0.4) is 0 Å². The van der Waals surface area contributed by atoms with Crippen molar-refractivity contribution in [2.24, 2.45) is 5.92 Å². The molecule has 0 aromatic heterocycles. The molecule has 0 aliphatic carbocycles. The van der Waals surface area contributed by atoms with Gasteiger partial charge in [-0.1, -0.05) is 6.92 Å². The first-order valence-electron chi connectivity index (χ1n) is 5.91. The summed E-state index contributed by atoms with van der Waals surface area (Å²) >= 11 is 0. The second-order valence-corrected chi connectivity index (χ2v) is 4.21. The first-order valence-corrected chi connectivity index (χ1v) is 5.91. The number of nitrogens with one attached hydrogen (secondary N) is 2. The zero-order chi connectivity index (χ0) is 11.1. The van der Waals surface area contributed by atoms with E-state index in [-0.39, 0.29) is 11.8 Å². The molecule has 0 aromatic rings. The lowest BCUT2D eigenvalue weighted by Crippen LogP contribution is -2.40. The van der Waals surface area contributed by atoms with Gasteiger partial charge in [-0.3, -0.25) is 4.79 Å². The van der Waals surface area contributed by atoms with Crippen molar-refractivity contribution in [2.45, 2.75) is 19.8 Å². The molecule has 1 aliphatic rings. The Morgan fingerprint density at radius 3 is 2.73 bits per heavy atom. The fourth-order valence-electron chi connectivity index (χ4n) is 1.76. The van der Waals surface area contributed by atoms with Gasteiger partial charge in [0, 0.05) is 19.0 Å². The van der Waals surface area contributed by atoms with Gasteiger partial charge in [0.25, 0.3) is 0 Å². The Kier molecular flexibility index (Phi) is 5.65. The molecule has 0 radical (unpaired) electrons. The largest absolute Gasteiger partial charge is 0.355 e. The first-order chi connectivity index (χ1) is 7.24. The van der Waals surface area contributed by atoms with Crippen LogP contribution in [0.4, 0.5) is 0 Å². The van der Waals surface area contributed by atoms with Crippen molar-refractivity contribution in [2.75, 3.05) is 39.8 Å². The van der Waals surface area contributed by atoms with E-state index in [1.54, 1.807) is 0 Å². The topological polar surface area (TPSA) is 44.4 Å². The minimum absolute atomic E-state index is 0.234. The van der Waals surface area contributed by atoms with Crippen molar-refractivity contribution in [3.8, 4) is 0 Å². The Hall–Kier alpha value is -0.610. The van der Waals surface area contributed by atoms with Crippen LogP contribution in [0, 0.1) is 5.92 Å². The van der Waals surface area contributed by atoms with Crippen molar-refractivity contribution in [1.82, 2.24) is 15.5 Å². The van der Waals surface area contributed by atoms with Crippen molar-refractivity contribution < 1.29 is 4.79 Å². The van der Waals surface area contributed by atoms with Gasteiger partial charge in [0.1, 0.15) is 0 Å². The maximum Gasteiger partial charge on any atom is 0.223 e. The predicted molar refractivity (Wildman–Crippen MR) is 61.8 cm³/mol. The van der Waals surface area contributed by atoms with E-state index in [1.807, 2.05) is 0 Å². The van der Waals surface area contributed by atoms with Gasteiger partial charge >= 0.3 is 0 Å². The number of carbonyl (C=O) groups excluding carboxylic acids is 1. The fraction of sp³-hybridized carbons (Fsp3) is 0.909. The summed E-state index contributed by atoms with van der Waals surface area (Å²) in [6.07, 6.45) is 1.96. The molecular weight excluding hydrogens is 190 g/mol. The van der Waals surface area contributed by atoms with Gasteiger partial charge in [0.15, 0.2) is 0 Å². The number of nitrogens with zero attached hydrogens (tertiary/aromatic N) is 1. The molecule has 1 fully saturated rings. The molecule has 88 valence electrons. The molecule has 1 saturated heterocycles. The summed E-state index contributed by atoms with van der Waals surface area (Å²) in [5.41, 5.74) is 0. The summed E-state index contributed by atoms with van der Waals surface area (Å²) in [5, 5.41) is 6.27. The van der Waals surface area contributed by atoms with Crippen LogP contribution in [0.25, 0.3) is 0 Å². The lowest BCUT2D eigenvalue weighted by atomic mass is 9.97. The number of likely N-dealkylation sites (N-methyl/N-ethyl adjacent to an activating group) is 1. The summed E-state index contributed by atoms with van der Waals surface area (Å²) in [6, 6.07) is 0. The Morgan fingerprint density at radius 2 is 2.13 bits per heavy atom. The van der Waals surface area contributed by atoms with Crippen molar-refractivity contribution in [1.29, 1.82) is 0 Å². The zero-order valence-corrected chi connectivity index (χ0v) is 9.88. The molecule has 0 saturated carbocycles. The maximum atomic E-state index is 11.7. The van der Waals surface area contributed by atoms with E-state index in [2.05, 4.69) is 29.5 Å². The van der Waals surface area contributed by atoms with E-state index >= 15 is 0 Å². The summed E-state index contributed by atoms with van der Waals surface area (Å²) in [5.74, 6) is 0.471. The Balaban J connectivity index is 2.12. The number of rotatable bonds is 5. The van der Waals surface area contributed by atoms with Crippen molar-refractivity contribution in [3.05, 3.63) is 0 Å². The van der Waals surface area contributed by atoms with Gasteiger partial charge in [-0.2, -0.15) is 0 Å². The van der Waals surface area contributed by atoms with Gasteiger partial charge in [-0.15, -0.1) is 0 Å². The quantitative estimate of drug-likeness (QED) is 0.678. The van der Waals surface area contributed by atoms with Crippen LogP contribution in [0.1, 0.15) is 19.8 Å². The highest BCUT2D eigenvalue weighted by atomic mass is 16.1. The lowest BCUT2D eigenvalue weighted by Gasteiger charge is -2.22. The van der Waals surface area contributed by atoms with Crippen LogP contribution in [0.2, 0.25) is 0 Å². The van der Waals surface area contributed by atoms with Crippen molar-refractivity contribution in [3.63, 3.8) is 0 Å². The van der Waals surface area contributed by atoms with Gasteiger partial charge in [0.05, 0.1) is 0 Å². The molecule has 4 nitrogen and oxygen atoms in total.